The summed E-state index contributed by atoms with van der Waals surface area (Å²) in [6, 6.07) is 8.64. The minimum Gasteiger partial charge on any atom is -0.383 e. The topological polar surface area (TPSA) is 83.0 Å². The second kappa shape index (κ2) is 9.74. The highest BCUT2D eigenvalue weighted by Gasteiger charge is 2.29. The van der Waals surface area contributed by atoms with Gasteiger partial charge in [-0.05, 0) is 30.9 Å². The van der Waals surface area contributed by atoms with Crippen molar-refractivity contribution in [2.75, 3.05) is 46.9 Å². The minimum atomic E-state index is -3.37. The number of nitrogens with one attached hydrogen (secondary N) is 2. The summed E-state index contributed by atoms with van der Waals surface area (Å²) >= 11 is 0. The second-order valence-electron chi connectivity index (χ2n) is 6.03. The second-order valence-corrected chi connectivity index (χ2v) is 7.97. The molecule has 0 spiro atoms. The summed E-state index contributed by atoms with van der Waals surface area (Å²) in [4.78, 5) is 4.54. The number of aliphatic imine (C=N–C) groups is 1. The van der Waals surface area contributed by atoms with Gasteiger partial charge in [-0.1, -0.05) is 18.2 Å². The van der Waals surface area contributed by atoms with Crippen LogP contribution in [0.1, 0.15) is 12.8 Å². The molecule has 0 unspecified atom stereocenters. The van der Waals surface area contributed by atoms with Gasteiger partial charge in [-0.15, -0.1) is 0 Å². The van der Waals surface area contributed by atoms with Crippen LogP contribution in [0.15, 0.2) is 40.2 Å². The van der Waals surface area contributed by atoms with E-state index in [0.717, 1.165) is 25.3 Å². The van der Waals surface area contributed by atoms with Crippen molar-refractivity contribution in [3.05, 3.63) is 30.3 Å². The van der Waals surface area contributed by atoms with Crippen LogP contribution in [0.5, 0.6) is 0 Å². The third-order valence-electron chi connectivity index (χ3n) is 4.33. The van der Waals surface area contributed by atoms with Crippen LogP contribution in [0.3, 0.4) is 0 Å². The first-order chi connectivity index (χ1) is 12.1. The Hall–Kier alpha value is -1.64. The Balaban J connectivity index is 1.80. The predicted molar refractivity (Wildman–Crippen MR) is 99.2 cm³/mol. The summed E-state index contributed by atoms with van der Waals surface area (Å²) in [6.07, 6.45) is 1.68. The Kier molecular flexibility index (Phi) is 7.67. The minimum absolute atomic E-state index is 0.370. The van der Waals surface area contributed by atoms with Crippen LogP contribution in [0, 0.1) is 5.92 Å². The average Bonchev–Trinajstić information content (AvgIpc) is 2.65. The zero-order chi connectivity index (χ0) is 18.1. The van der Waals surface area contributed by atoms with Gasteiger partial charge in [-0.2, -0.15) is 4.31 Å². The largest absolute Gasteiger partial charge is 0.383 e. The van der Waals surface area contributed by atoms with Crippen LogP contribution >= 0.6 is 0 Å². The van der Waals surface area contributed by atoms with E-state index in [1.165, 1.54) is 0 Å². The van der Waals surface area contributed by atoms with E-state index in [4.69, 9.17) is 4.74 Å². The molecule has 0 aromatic heterocycles. The number of benzene rings is 1. The Bertz CT molecular complexity index is 641. The van der Waals surface area contributed by atoms with Gasteiger partial charge in [0.15, 0.2) is 5.96 Å². The molecule has 8 heteroatoms. The van der Waals surface area contributed by atoms with E-state index in [1.807, 2.05) is 6.07 Å². The van der Waals surface area contributed by atoms with E-state index in [9.17, 15) is 8.42 Å². The summed E-state index contributed by atoms with van der Waals surface area (Å²) in [6.45, 7) is 3.21. The molecule has 1 aliphatic heterocycles. The molecule has 0 radical (unpaired) electrons. The third kappa shape index (κ3) is 5.69. The normalized spacial score (nSPS) is 17.4. The van der Waals surface area contributed by atoms with Gasteiger partial charge in [0.1, 0.15) is 0 Å². The lowest BCUT2D eigenvalue weighted by molar-refractivity contribution is 0.203. The molecular formula is C17H28N4O3S. The molecule has 25 heavy (non-hydrogen) atoms. The molecule has 1 aromatic carbocycles. The number of guanidine groups is 1. The highest BCUT2D eigenvalue weighted by molar-refractivity contribution is 7.89. The van der Waals surface area contributed by atoms with Crippen molar-refractivity contribution < 1.29 is 13.2 Å². The van der Waals surface area contributed by atoms with Crippen molar-refractivity contribution >= 4 is 16.0 Å². The molecule has 2 rings (SSSR count). The van der Waals surface area contributed by atoms with E-state index < -0.39 is 10.0 Å². The zero-order valence-electron chi connectivity index (χ0n) is 14.9. The Morgan fingerprint density at radius 2 is 1.92 bits per heavy atom. The molecule has 0 amide bonds. The lowest BCUT2D eigenvalue weighted by atomic mass is 9.98. The first kappa shape index (κ1) is 19.7. The van der Waals surface area contributed by atoms with Crippen LogP contribution in [0.4, 0.5) is 0 Å². The molecule has 1 aliphatic rings. The number of rotatable bonds is 7. The Labute approximate surface area is 150 Å². The van der Waals surface area contributed by atoms with Crippen LogP contribution in [-0.2, 0) is 14.8 Å². The van der Waals surface area contributed by atoms with Gasteiger partial charge in [-0.25, -0.2) is 8.42 Å². The fourth-order valence-corrected chi connectivity index (χ4v) is 4.32. The van der Waals surface area contributed by atoms with Gasteiger partial charge >= 0.3 is 0 Å². The summed E-state index contributed by atoms with van der Waals surface area (Å²) in [5.41, 5.74) is 0. The SMILES string of the molecule is CN=C(NCCOC)NCC1CCN(S(=O)(=O)c2ccccc2)CC1. The fraction of sp³-hybridized carbons (Fsp3) is 0.588. The first-order valence-corrected chi connectivity index (χ1v) is 10.0. The quantitative estimate of drug-likeness (QED) is 0.424. The van der Waals surface area contributed by atoms with E-state index in [1.54, 1.807) is 42.7 Å². The fourth-order valence-electron chi connectivity index (χ4n) is 2.83. The molecule has 7 nitrogen and oxygen atoms in total. The number of ether oxygens (including phenoxy) is 1. The molecule has 0 saturated carbocycles. The van der Waals surface area contributed by atoms with E-state index in [-0.39, 0.29) is 0 Å². The summed E-state index contributed by atoms with van der Waals surface area (Å²) in [7, 11) is 0.0218. The molecule has 0 atom stereocenters. The number of nitrogens with zero attached hydrogens (tertiary/aromatic N) is 2. The smallest absolute Gasteiger partial charge is 0.243 e. The van der Waals surface area contributed by atoms with Gasteiger partial charge in [0.2, 0.25) is 10.0 Å². The standard InChI is InChI=1S/C17H28N4O3S/c1-18-17(19-10-13-24-2)20-14-15-8-11-21(12-9-15)25(22,23)16-6-4-3-5-7-16/h3-7,15H,8-14H2,1-2H3,(H2,18,19,20). The number of hydrogen-bond acceptors (Lipinski definition) is 4. The van der Waals surface area contributed by atoms with Crippen LogP contribution in [0.2, 0.25) is 0 Å². The van der Waals surface area contributed by atoms with Gasteiger partial charge < -0.3 is 15.4 Å². The molecular weight excluding hydrogens is 340 g/mol. The van der Waals surface area contributed by atoms with Crippen LogP contribution < -0.4 is 10.6 Å². The molecule has 1 fully saturated rings. The number of methoxy groups -OCH3 is 1. The molecule has 1 aromatic rings. The molecule has 2 N–H and O–H groups in total. The maximum absolute atomic E-state index is 12.6. The molecule has 140 valence electrons. The lowest BCUT2D eigenvalue weighted by Crippen LogP contribution is -2.44. The first-order valence-electron chi connectivity index (χ1n) is 8.56. The molecule has 1 saturated heterocycles. The van der Waals surface area contributed by atoms with Crippen molar-refractivity contribution in [2.45, 2.75) is 17.7 Å². The predicted octanol–water partition coefficient (Wildman–Crippen LogP) is 0.899. The lowest BCUT2D eigenvalue weighted by Gasteiger charge is -2.31. The highest BCUT2D eigenvalue weighted by atomic mass is 32.2. The van der Waals surface area contributed by atoms with Gasteiger partial charge in [-0.3, -0.25) is 4.99 Å². The van der Waals surface area contributed by atoms with Crippen molar-refractivity contribution in [3.8, 4) is 0 Å². The van der Waals surface area contributed by atoms with Crippen LogP contribution in [0.25, 0.3) is 0 Å². The van der Waals surface area contributed by atoms with Crippen molar-refractivity contribution in [1.29, 1.82) is 0 Å². The Morgan fingerprint density at radius 1 is 1.24 bits per heavy atom. The maximum Gasteiger partial charge on any atom is 0.243 e. The average molecular weight is 369 g/mol. The number of sulfonamides is 1. The van der Waals surface area contributed by atoms with Gasteiger partial charge in [0, 0.05) is 40.3 Å². The maximum atomic E-state index is 12.6. The summed E-state index contributed by atoms with van der Waals surface area (Å²) in [5.74, 6) is 1.18. The van der Waals surface area contributed by atoms with Crippen molar-refractivity contribution in [2.24, 2.45) is 10.9 Å². The molecule has 1 heterocycles. The van der Waals surface area contributed by atoms with Gasteiger partial charge in [0.05, 0.1) is 11.5 Å². The number of hydrogen-bond donors (Lipinski definition) is 2. The van der Waals surface area contributed by atoms with E-state index in [2.05, 4.69) is 15.6 Å². The highest BCUT2D eigenvalue weighted by Crippen LogP contribution is 2.23. The van der Waals surface area contributed by atoms with Crippen molar-refractivity contribution in [1.82, 2.24) is 14.9 Å². The number of piperidine rings is 1. The van der Waals surface area contributed by atoms with E-state index in [0.29, 0.717) is 37.1 Å². The van der Waals surface area contributed by atoms with Gasteiger partial charge in [0.25, 0.3) is 0 Å². The monoisotopic (exact) mass is 368 g/mol. The van der Waals surface area contributed by atoms with Crippen molar-refractivity contribution in [3.63, 3.8) is 0 Å². The third-order valence-corrected chi connectivity index (χ3v) is 6.25. The summed E-state index contributed by atoms with van der Waals surface area (Å²) in [5, 5.41) is 6.47. The summed E-state index contributed by atoms with van der Waals surface area (Å²) < 4.78 is 31.8. The van der Waals surface area contributed by atoms with E-state index >= 15 is 0 Å². The zero-order valence-corrected chi connectivity index (χ0v) is 15.8. The Morgan fingerprint density at radius 3 is 2.52 bits per heavy atom. The van der Waals surface area contributed by atoms with Crippen LogP contribution in [-0.4, -0.2) is 65.6 Å². The molecule has 0 aliphatic carbocycles. The molecule has 0 bridgehead atoms.